The highest BCUT2D eigenvalue weighted by Gasteiger charge is 2.04. The van der Waals surface area contributed by atoms with E-state index in [0.717, 1.165) is 13.1 Å². The van der Waals surface area contributed by atoms with Gasteiger partial charge in [-0.05, 0) is 25.0 Å². The molecule has 18 heavy (non-hydrogen) atoms. The summed E-state index contributed by atoms with van der Waals surface area (Å²) in [5, 5.41) is 6.24. The molecule has 100 valence electrons. The summed E-state index contributed by atoms with van der Waals surface area (Å²) in [5.41, 5.74) is 3.91. The molecular weight excluding hydrogens is 224 g/mol. The average Bonchev–Trinajstić information content (AvgIpc) is 2.32. The Morgan fingerprint density at radius 2 is 1.94 bits per heavy atom. The summed E-state index contributed by atoms with van der Waals surface area (Å²) in [6.45, 7) is 10.4. The number of nitrogens with one attached hydrogen (secondary N) is 2. The lowest BCUT2D eigenvalue weighted by atomic mass is 10.1. The van der Waals surface area contributed by atoms with E-state index >= 15 is 0 Å². The van der Waals surface area contributed by atoms with Gasteiger partial charge in [-0.2, -0.15) is 0 Å². The number of carbonyl (C=O) groups excluding carboxylic acids is 1. The van der Waals surface area contributed by atoms with Crippen LogP contribution in [0.3, 0.4) is 0 Å². The molecule has 0 aromatic heterocycles. The van der Waals surface area contributed by atoms with Crippen molar-refractivity contribution in [3.05, 3.63) is 34.9 Å². The molecule has 0 spiro atoms. The molecule has 0 aliphatic heterocycles. The first-order valence-electron chi connectivity index (χ1n) is 6.55. The van der Waals surface area contributed by atoms with Crippen molar-refractivity contribution in [2.75, 3.05) is 13.1 Å². The number of hydrogen-bond donors (Lipinski definition) is 2. The Kier molecular flexibility index (Phi) is 5.86. The summed E-state index contributed by atoms with van der Waals surface area (Å²) < 4.78 is 0. The van der Waals surface area contributed by atoms with E-state index in [-0.39, 0.29) is 11.8 Å². The maximum Gasteiger partial charge on any atom is 0.222 e. The monoisotopic (exact) mass is 248 g/mol. The zero-order valence-corrected chi connectivity index (χ0v) is 11.8. The van der Waals surface area contributed by atoms with Gasteiger partial charge in [0.2, 0.25) is 5.91 Å². The van der Waals surface area contributed by atoms with Gasteiger partial charge in [0.05, 0.1) is 0 Å². The zero-order valence-electron chi connectivity index (χ0n) is 11.8. The topological polar surface area (TPSA) is 41.1 Å². The third-order valence-electron chi connectivity index (χ3n) is 2.95. The summed E-state index contributed by atoms with van der Waals surface area (Å²) in [7, 11) is 0. The lowest BCUT2D eigenvalue weighted by molar-refractivity contribution is -0.123. The number of rotatable bonds is 6. The van der Waals surface area contributed by atoms with Gasteiger partial charge in [0.25, 0.3) is 0 Å². The molecule has 0 saturated heterocycles. The Morgan fingerprint density at radius 3 is 2.61 bits per heavy atom. The van der Waals surface area contributed by atoms with E-state index in [4.69, 9.17) is 0 Å². The van der Waals surface area contributed by atoms with E-state index in [1.165, 1.54) is 16.7 Å². The number of aryl methyl sites for hydroxylation is 2. The van der Waals surface area contributed by atoms with Gasteiger partial charge >= 0.3 is 0 Å². The molecule has 1 aromatic carbocycles. The molecule has 0 unspecified atom stereocenters. The Hall–Kier alpha value is -1.35. The van der Waals surface area contributed by atoms with Crippen LogP contribution in [0.1, 0.15) is 30.5 Å². The lowest BCUT2D eigenvalue weighted by Gasteiger charge is -2.10. The minimum absolute atomic E-state index is 0.0593. The minimum atomic E-state index is 0.0593. The molecule has 0 fully saturated rings. The lowest BCUT2D eigenvalue weighted by Crippen LogP contribution is -2.34. The zero-order chi connectivity index (χ0) is 13.5. The van der Waals surface area contributed by atoms with Gasteiger partial charge in [0.1, 0.15) is 0 Å². The van der Waals surface area contributed by atoms with E-state index in [1.807, 2.05) is 13.8 Å². The maximum atomic E-state index is 11.3. The third-order valence-corrected chi connectivity index (χ3v) is 2.95. The molecule has 0 bridgehead atoms. The van der Waals surface area contributed by atoms with Crippen LogP contribution in [0.15, 0.2) is 18.2 Å². The summed E-state index contributed by atoms with van der Waals surface area (Å²) in [6, 6.07) is 6.48. The summed E-state index contributed by atoms with van der Waals surface area (Å²) >= 11 is 0. The second-order valence-corrected chi connectivity index (χ2v) is 5.05. The van der Waals surface area contributed by atoms with Gasteiger partial charge in [-0.1, -0.05) is 37.6 Å². The molecule has 0 radical (unpaired) electrons. The molecule has 1 amide bonds. The van der Waals surface area contributed by atoms with Crippen molar-refractivity contribution >= 4 is 5.91 Å². The standard InChI is InChI=1S/C15H24N2O/c1-11(2)15(18)17-8-7-16-10-14-9-12(3)5-6-13(14)4/h5-6,9,11,16H,7-8,10H2,1-4H3,(H,17,18). The largest absolute Gasteiger partial charge is 0.355 e. The van der Waals surface area contributed by atoms with Crippen molar-refractivity contribution in [2.24, 2.45) is 5.92 Å². The van der Waals surface area contributed by atoms with Gasteiger partial charge in [-0.3, -0.25) is 4.79 Å². The molecule has 1 rings (SSSR count). The van der Waals surface area contributed by atoms with Crippen LogP contribution in [0.4, 0.5) is 0 Å². The quantitative estimate of drug-likeness (QED) is 0.758. The van der Waals surface area contributed by atoms with E-state index in [0.29, 0.717) is 6.54 Å². The van der Waals surface area contributed by atoms with Crippen LogP contribution >= 0.6 is 0 Å². The molecule has 0 aliphatic carbocycles. The molecule has 3 nitrogen and oxygen atoms in total. The predicted molar refractivity (Wildman–Crippen MR) is 75.5 cm³/mol. The second kappa shape index (κ2) is 7.17. The Morgan fingerprint density at radius 1 is 1.22 bits per heavy atom. The smallest absolute Gasteiger partial charge is 0.222 e. The van der Waals surface area contributed by atoms with E-state index in [1.54, 1.807) is 0 Å². The summed E-state index contributed by atoms with van der Waals surface area (Å²) in [6.07, 6.45) is 0. The fraction of sp³-hybridized carbons (Fsp3) is 0.533. The van der Waals surface area contributed by atoms with Crippen LogP contribution in [0.25, 0.3) is 0 Å². The number of benzene rings is 1. The Bertz CT molecular complexity index is 399. The van der Waals surface area contributed by atoms with Crippen molar-refractivity contribution in [3.63, 3.8) is 0 Å². The average molecular weight is 248 g/mol. The highest BCUT2D eigenvalue weighted by atomic mass is 16.1. The van der Waals surface area contributed by atoms with Crippen molar-refractivity contribution < 1.29 is 4.79 Å². The van der Waals surface area contributed by atoms with E-state index in [2.05, 4.69) is 42.7 Å². The van der Waals surface area contributed by atoms with Gasteiger partial charge in [-0.25, -0.2) is 0 Å². The van der Waals surface area contributed by atoms with Gasteiger partial charge in [0.15, 0.2) is 0 Å². The fourth-order valence-corrected chi connectivity index (χ4v) is 1.69. The van der Waals surface area contributed by atoms with Crippen LogP contribution < -0.4 is 10.6 Å². The van der Waals surface area contributed by atoms with Gasteiger partial charge < -0.3 is 10.6 Å². The number of hydrogen-bond acceptors (Lipinski definition) is 2. The molecule has 0 atom stereocenters. The van der Waals surface area contributed by atoms with Crippen LogP contribution in [0.2, 0.25) is 0 Å². The van der Waals surface area contributed by atoms with Crippen molar-refractivity contribution in [2.45, 2.75) is 34.2 Å². The normalized spacial score (nSPS) is 10.7. The first kappa shape index (κ1) is 14.7. The summed E-state index contributed by atoms with van der Waals surface area (Å²) in [4.78, 5) is 11.3. The van der Waals surface area contributed by atoms with Crippen molar-refractivity contribution in [3.8, 4) is 0 Å². The van der Waals surface area contributed by atoms with Crippen LogP contribution in [0, 0.1) is 19.8 Å². The van der Waals surface area contributed by atoms with E-state index in [9.17, 15) is 4.79 Å². The number of carbonyl (C=O) groups is 1. The molecule has 3 heteroatoms. The van der Waals surface area contributed by atoms with Crippen LogP contribution in [0.5, 0.6) is 0 Å². The number of amides is 1. The SMILES string of the molecule is Cc1ccc(C)c(CNCCNC(=O)C(C)C)c1. The van der Waals surface area contributed by atoms with Crippen molar-refractivity contribution in [1.29, 1.82) is 0 Å². The molecular formula is C15H24N2O. The van der Waals surface area contributed by atoms with Crippen LogP contribution in [-0.4, -0.2) is 19.0 Å². The Balaban J connectivity index is 2.26. The predicted octanol–water partition coefficient (Wildman–Crippen LogP) is 2.17. The maximum absolute atomic E-state index is 11.3. The highest BCUT2D eigenvalue weighted by molar-refractivity contribution is 5.77. The molecule has 0 saturated carbocycles. The Labute approximate surface area is 110 Å². The van der Waals surface area contributed by atoms with Gasteiger partial charge in [0, 0.05) is 25.6 Å². The summed E-state index contributed by atoms with van der Waals surface area (Å²) in [5.74, 6) is 0.174. The fourth-order valence-electron chi connectivity index (χ4n) is 1.69. The molecule has 2 N–H and O–H groups in total. The second-order valence-electron chi connectivity index (χ2n) is 5.05. The van der Waals surface area contributed by atoms with Crippen LogP contribution in [-0.2, 0) is 11.3 Å². The minimum Gasteiger partial charge on any atom is -0.355 e. The van der Waals surface area contributed by atoms with Gasteiger partial charge in [-0.15, -0.1) is 0 Å². The molecule has 1 aromatic rings. The molecule has 0 aliphatic rings. The van der Waals surface area contributed by atoms with E-state index < -0.39 is 0 Å². The first-order chi connectivity index (χ1) is 8.50. The van der Waals surface area contributed by atoms with Crippen molar-refractivity contribution in [1.82, 2.24) is 10.6 Å². The highest BCUT2D eigenvalue weighted by Crippen LogP contribution is 2.09. The first-order valence-corrected chi connectivity index (χ1v) is 6.55. The third kappa shape index (κ3) is 4.88. The molecule has 0 heterocycles.